The van der Waals surface area contributed by atoms with Gasteiger partial charge in [0.2, 0.25) is 5.91 Å². The number of anilines is 1. The molecule has 0 saturated carbocycles. The number of hydrogen-bond donors (Lipinski definition) is 1. The monoisotopic (exact) mass is 373 g/mol. The van der Waals surface area contributed by atoms with Gasteiger partial charge < -0.3 is 9.88 Å². The Hall–Kier alpha value is -3.55. The maximum absolute atomic E-state index is 12.7. The highest BCUT2D eigenvalue weighted by molar-refractivity contribution is 5.92. The molecule has 0 aliphatic carbocycles. The zero-order chi connectivity index (χ0) is 19.1. The fraction of sp³-hybridized carbons (Fsp3) is 0.250. The first-order chi connectivity index (χ1) is 13.7. The van der Waals surface area contributed by atoms with E-state index in [1.807, 2.05) is 52.5 Å². The summed E-state index contributed by atoms with van der Waals surface area (Å²) in [5.41, 5.74) is 2.60. The summed E-state index contributed by atoms with van der Waals surface area (Å²) in [6, 6.07) is 11.7. The number of aromatic nitrogens is 6. The molecule has 1 aliphatic heterocycles. The van der Waals surface area contributed by atoms with E-state index in [0.29, 0.717) is 12.2 Å². The van der Waals surface area contributed by atoms with Crippen LogP contribution in [0.5, 0.6) is 0 Å². The summed E-state index contributed by atoms with van der Waals surface area (Å²) >= 11 is 0. The molecular weight excluding hydrogens is 354 g/mol. The maximum Gasteiger partial charge on any atom is 0.229 e. The molecule has 0 bridgehead atoms. The largest absolute Gasteiger partial charge is 0.324 e. The minimum atomic E-state index is -0.0977. The highest BCUT2D eigenvalue weighted by atomic mass is 16.1. The van der Waals surface area contributed by atoms with Gasteiger partial charge in [-0.3, -0.25) is 9.36 Å². The van der Waals surface area contributed by atoms with E-state index < -0.39 is 0 Å². The molecule has 1 amide bonds. The van der Waals surface area contributed by atoms with E-state index >= 15 is 0 Å². The lowest BCUT2D eigenvalue weighted by Crippen LogP contribution is -2.31. The first-order valence-electron chi connectivity index (χ1n) is 9.27. The number of rotatable bonds is 3. The van der Waals surface area contributed by atoms with E-state index in [2.05, 4.69) is 25.5 Å². The third kappa shape index (κ3) is 2.83. The van der Waals surface area contributed by atoms with Gasteiger partial charge in [-0.15, -0.1) is 10.2 Å². The molecule has 4 heterocycles. The molecule has 28 heavy (non-hydrogen) atoms. The number of carbonyl (C=O) groups is 1. The Morgan fingerprint density at radius 1 is 1.14 bits per heavy atom. The summed E-state index contributed by atoms with van der Waals surface area (Å²) < 4.78 is 3.96. The Bertz CT molecular complexity index is 1160. The van der Waals surface area contributed by atoms with E-state index in [-0.39, 0.29) is 11.8 Å². The van der Waals surface area contributed by atoms with Crippen molar-refractivity contribution in [2.24, 2.45) is 5.92 Å². The highest BCUT2D eigenvalue weighted by Gasteiger charge is 2.26. The van der Waals surface area contributed by atoms with Gasteiger partial charge in [-0.1, -0.05) is 12.1 Å². The Morgan fingerprint density at radius 2 is 2.04 bits per heavy atom. The van der Waals surface area contributed by atoms with E-state index in [9.17, 15) is 4.79 Å². The predicted octanol–water partition coefficient (Wildman–Crippen LogP) is 2.52. The van der Waals surface area contributed by atoms with Crippen LogP contribution in [0.3, 0.4) is 0 Å². The SMILES string of the molecule is Cc1nnc2n1CC(C(=O)Nc1ccc(-n3cnc4ccccc43)nc1)CC2. The van der Waals surface area contributed by atoms with Crippen LogP contribution < -0.4 is 5.32 Å². The summed E-state index contributed by atoms with van der Waals surface area (Å²) in [5, 5.41) is 11.2. The van der Waals surface area contributed by atoms with Gasteiger partial charge in [0.15, 0.2) is 0 Å². The van der Waals surface area contributed by atoms with Gasteiger partial charge in [0.25, 0.3) is 0 Å². The summed E-state index contributed by atoms with van der Waals surface area (Å²) in [6.45, 7) is 2.53. The van der Waals surface area contributed by atoms with Crippen LogP contribution >= 0.6 is 0 Å². The van der Waals surface area contributed by atoms with Gasteiger partial charge in [-0.2, -0.15) is 0 Å². The van der Waals surface area contributed by atoms with Crippen LogP contribution in [0.25, 0.3) is 16.9 Å². The van der Waals surface area contributed by atoms with Gasteiger partial charge in [-0.05, 0) is 37.6 Å². The molecule has 8 heteroatoms. The number of para-hydroxylation sites is 2. The first-order valence-corrected chi connectivity index (χ1v) is 9.27. The minimum absolute atomic E-state index is 0.00128. The molecule has 0 radical (unpaired) electrons. The molecule has 1 unspecified atom stereocenters. The van der Waals surface area contributed by atoms with Gasteiger partial charge in [0.05, 0.1) is 28.8 Å². The molecule has 1 aliphatic rings. The van der Waals surface area contributed by atoms with Crippen molar-refractivity contribution in [3.05, 3.63) is 60.6 Å². The lowest BCUT2D eigenvalue weighted by Gasteiger charge is -2.23. The topological polar surface area (TPSA) is 90.5 Å². The second-order valence-corrected chi connectivity index (χ2v) is 7.01. The van der Waals surface area contributed by atoms with Crippen LogP contribution in [0.4, 0.5) is 5.69 Å². The molecule has 4 aromatic rings. The Morgan fingerprint density at radius 3 is 2.89 bits per heavy atom. The number of carbonyl (C=O) groups excluding carboxylic acids is 1. The summed E-state index contributed by atoms with van der Waals surface area (Å²) in [4.78, 5) is 21.6. The molecule has 1 aromatic carbocycles. The lowest BCUT2D eigenvalue weighted by molar-refractivity contribution is -0.120. The number of aryl methyl sites for hydroxylation is 2. The molecule has 5 rings (SSSR count). The zero-order valence-corrected chi connectivity index (χ0v) is 15.4. The molecular formula is C20H19N7O. The number of hydrogen-bond acceptors (Lipinski definition) is 5. The van der Waals surface area contributed by atoms with Crippen LogP contribution in [0.1, 0.15) is 18.1 Å². The van der Waals surface area contributed by atoms with Crippen molar-refractivity contribution < 1.29 is 4.79 Å². The Balaban J connectivity index is 1.31. The number of nitrogens with one attached hydrogen (secondary N) is 1. The van der Waals surface area contributed by atoms with Gasteiger partial charge in [0, 0.05) is 13.0 Å². The number of fused-ring (bicyclic) bond motifs is 2. The van der Waals surface area contributed by atoms with E-state index in [4.69, 9.17) is 0 Å². The maximum atomic E-state index is 12.7. The number of benzene rings is 1. The van der Waals surface area contributed by atoms with Crippen molar-refractivity contribution >= 4 is 22.6 Å². The molecule has 3 aromatic heterocycles. The van der Waals surface area contributed by atoms with Crippen molar-refractivity contribution in [2.75, 3.05) is 5.32 Å². The number of amides is 1. The molecule has 0 spiro atoms. The molecule has 140 valence electrons. The average Bonchev–Trinajstić information content (AvgIpc) is 3.32. The van der Waals surface area contributed by atoms with E-state index in [0.717, 1.165) is 41.3 Å². The fourth-order valence-corrected chi connectivity index (χ4v) is 3.66. The highest BCUT2D eigenvalue weighted by Crippen LogP contribution is 2.22. The number of imidazole rings is 1. The third-order valence-corrected chi connectivity index (χ3v) is 5.22. The lowest BCUT2D eigenvalue weighted by atomic mass is 9.98. The van der Waals surface area contributed by atoms with Crippen molar-refractivity contribution in [1.82, 2.24) is 29.3 Å². The summed E-state index contributed by atoms with van der Waals surface area (Å²) in [5.74, 6) is 2.47. The van der Waals surface area contributed by atoms with Crippen molar-refractivity contribution in [3.63, 3.8) is 0 Å². The standard InChI is InChI=1S/C20H19N7O/c1-13-24-25-19-8-6-14(11-26(13)19)20(28)23-15-7-9-18(21-10-15)27-12-22-16-4-2-3-5-17(16)27/h2-5,7,9-10,12,14H,6,8,11H2,1H3,(H,23,28). The second kappa shape index (κ2) is 6.56. The van der Waals surface area contributed by atoms with Crippen molar-refractivity contribution in [3.8, 4) is 5.82 Å². The normalized spacial score (nSPS) is 16.1. The molecule has 0 fully saturated rings. The Labute approximate surface area is 161 Å². The smallest absolute Gasteiger partial charge is 0.229 e. The molecule has 0 saturated heterocycles. The fourth-order valence-electron chi connectivity index (χ4n) is 3.66. The van der Waals surface area contributed by atoms with Crippen LogP contribution in [-0.2, 0) is 17.8 Å². The molecule has 1 N–H and O–H groups in total. The van der Waals surface area contributed by atoms with Crippen molar-refractivity contribution in [1.29, 1.82) is 0 Å². The number of pyridine rings is 1. The Kier molecular flexibility index (Phi) is 3.89. The summed E-state index contributed by atoms with van der Waals surface area (Å²) in [7, 11) is 0. The van der Waals surface area contributed by atoms with Crippen LogP contribution in [0.2, 0.25) is 0 Å². The van der Waals surface area contributed by atoms with E-state index in [1.54, 1.807) is 12.5 Å². The van der Waals surface area contributed by atoms with Crippen molar-refractivity contribution in [2.45, 2.75) is 26.3 Å². The van der Waals surface area contributed by atoms with Crippen LogP contribution in [0, 0.1) is 12.8 Å². The second-order valence-electron chi connectivity index (χ2n) is 7.01. The number of nitrogens with zero attached hydrogens (tertiary/aromatic N) is 6. The first kappa shape index (κ1) is 16.6. The molecule has 1 atom stereocenters. The zero-order valence-electron chi connectivity index (χ0n) is 15.4. The van der Waals surface area contributed by atoms with Crippen LogP contribution in [0.15, 0.2) is 48.9 Å². The predicted molar refractivity (Wildman–Crippen MR) is 104 cm³/mol. The quantitative estimate of drug-likeness (QED) is 0.596. The van der Waals surface area contributed by atoms with Gasteiger partial charge >= 0.3 is 0 Å². The minimum Gasteiger partial charge on any atom is -0.324 e. The average molecular weight is 373 g/mol. The van der Waals surface area contributed by atoms with E-state index in [1.165, 1.54) is 0 Å². The summed E-state index contributed by atoms with van der Waals surface area (Å²) in [6.07, 6.45) is 4.98. The molecule has 8 nitrogen and oxygen atoms in total. The van der Waals surface area contributed by atoms with Gasteiger partial charge in [-0.25, -0.2) is 9.97 Å². The third-order valence-electron chi connectivity index (χ3n) is 5.22. The van der Waals surface area contributed by atoms with Crippen LogP contribution in [-0.4, -0.2) is 35.2 Å². The van der Waals surface area contributed by atoms with Gasteiger partial charge in [0.1, 0.15) is 23.8 Å².